The summed E-state index contributed by atoms with van der Waals surface area (Å²) in [6.07, 6.45) is 1.45. The Labute approximate surface area is 74.1 Å². The van der Waals surface area contributed by atoms with Crippen LogP contribution in [0.2, 0.25) is 5.02 Å². The molecule has 0 unspecified atom stereocenters. The van der Waals surface area contributed by atoms with Gasteiger partial charge >= 0.3 is 5.97 Å². The van der Waals surface area contributed by atoms with Crippen LogP contribution in [-0.4, -0.2) is 16.2 Å². The van der Waals surface area contributed by atoms with E-state index in [1.54, 1.807) is 0 Å². The summed E-state index contributed by atoms with van der Waals surface area (Å²) < 4.78 is 4.73. The Morgan fingerprint density at radius 3 is 2.83 bits per heavy atom. The van der Waals surface area contributed by atoms with Crippen molar-refractivity contribution in [1.82, 2.24) is 5.16 Å². The molecule has 0 aromatic carbocycles. The Hall–Kier alpha value is -1.03. The predicted octanol–water partition coefficient (Wildman–Crippen LogP) is 1.98. The van der Waals surface area contributed by atoms with Crippen molar-refractivity contribution in [3.63, 3.8) is 0 Å². The number of carboxylic acid groups (broad SMARTS) is 1. The average Bonchev–Trinajstić information content (AvgIpc) is 2.34. The summed E-state index contributed by atoms with van der Waals surface area (Å²) in [6.45, 7) is 1.94. The summed E-state index contributed by atoms with van der Waals surface area (Å²) in [5.74, 6) is -0.720. The van der Waals surface area contributed by atoms with E-state index in [-0.39, 0.29) is 10.7 Å². The molecule has 12 heavy (non-hydrogen) atoms. The van der Waals surface area contributed by atoms with Gasteiger partial charge in [0.15, 0.2) is 5.76 Å². The molecule has 1 rings (SSSR count). The topological polar surface area (TPSA) is 63.3 Å². The second-order valence-electron chi connectivity index (χ2n) is 2.32. The molecule has 0 amide bonds. The quantitative estimate of drug-likeness (QED) is 0.790. The van der Waals surface area contributed by atoms with Crippen molar-refractivity contribution in [2.45, 2.75) is 19.8 Å². The first kappa shape index (κ1) is 9.06. The van der Waals surface area contributed by atoms with E-state index in [9.17, 15) is 4.79 Å². The minimum Gasteiger partial charge on any atom is -0.476 e. The minimum absolute atomic E-state index is 0.115. The zero-order valence-corrected chi connectivity index (χ0v) is 7.26. The predicted molar refractivity (Wildman–Crippen MR) is 42.5 cm³/mol. The number of nitrogens with zero attached hydrogens (tertiary/aromatic N) is 1. The van der Waals surface area contributed by atoms with Crippen molar-refractivity contribution in [1.29, 1.82) is 0 Å². The molecule has 0 fully saturated rings. The van der Waals surface area contributed by atoms with Crippen LogP contribution in [0.25, 0.3) is 0 Å². The number of aryl methyl sites for hydroxylation is 1. The highest BCUT2D eigenvalue weighted by Gasteiger charge is 2.18. The lowest BCUT2D eigenvalue weighted by molar-refractivity contribution is 0.0686. The molecule has 0 atom stereocenters. The van der Waals surface area contributed by atoms with Crippen molar-refractivity contribution in [3.05, 3.63) is 16.5 Å². The van der Waals surface area contributed by atoms with Gasteiger partial charge in [0.25, 0.3) is 0 Å². The van der Waals surface area contributed by atoms with Gasteiger partial charge in [-0.25, -0.2) is 4.79 Å². The van der Waals surface area contributed by atoms with Crippen LogP contribution in [-0.2, 0) is 6.42 Å². The van der Waals surface area contributed by atoms with Crippen LogP contribution >= 0.6 is 11.6 Å². The third-order valence-electron chi connectivity index (χ3n) is 1.38. The van der Waals surface area contributed by atoms with Gasteiger partial charge in [-0.1, -0.05) is 23.7 Å². The van der Waals surface area contributed by atoms with E-state index >= 15 is 0 Å². The number of aromatic nitrogens is 1. The van der Waals surface area contributed by atoms with Gasteiger partial charge in [0, 0.05) is 6.42 Å². The van der Waals surface area contributed by atoms with E-state index in [0.717, 1.165) is 6.42 Å². The van der Waals surface area contributed by atoms with Crippen LogP contribution in [0.15, 0.2) is 4.52 Å². The molecule has 1 heterocycles. The normalized spacial score (nSPS) is 10.2. The van der Waals surface area contributed by atoms with Crippen LogP contribution in [0.4, 0.5) is 0 Å². The molecule has 0 saturated heterocycles. The van der Waals surface area contributed by atoms with Gasteiger partial charge in [0.05, 0.1) is 0 Å². The molecule has 0 aliphatic heterocycles. The third kappa shape index (κ3) is 1.58. The van der Waals surface area contributed by atoms with Crippen LogP contribution in [0.1, 0.15) is 29.6 Å². The number of aromatic carboxylic acids is 1. The van der Waals surface area contributed by atoms with Crippen LogP contribution in [0, 0.1) is 0 Å². The molecule has 4 nitrogen and oxygen atoms in total. The van der Waals surface area contributed by atoms with Gasteiger partial charge in [0.2, 0.25) is 5.69 Å². The Morgan fingerprint density at radius 1 is 1.75 bits per heavy atom. The Balaban J connectivity index is 2.96. The van der Waals surface area contributed by atoms with Crippen molar-refractivity contribution in [3.8, 4) is 0 Å². The smallest absolute Gasteiger partial charge is 0.359 e. The van der Waals surface area contributed by atoms with Crippen molar-refractivity contribution in [2.24, 2.45) is 0 Å². The van der Waals surface area contributed by atoms with Crippen molar-refractivity contribution in [2.75, 3.05) is 0 Å². The minimum atomic E-state index is -1.16. The first-order valence-electron chi connectivity index (χ1n) is 3.54. The lowest BCUT2D eigenvalue weighted by Gasteiger charge is -1.89. The molecular formula is C7H8ClNO3. The fourth-order valence-corrected chi connectivity index (χ4v) is 1.07. The van der Waals surface area contributed by atoms with Crippen LogP contribution < -0.4 is 0 Å². The standard InChI is InChI=1S/C7H8ClNO3/c1-2-3-4-5(8)6(7(10)11)9-12-4/h2-3H2,1H3,(H,10,11). The zero-order chi connectivity index (χ0) is 9.14. The Kier molecular flexibility index (Phi) is 2.70. The van der Waals surface area contributed by atoms with Gasteiger partial charge in [-0.2, -0.15) is 0 Å². The lowest BCUT2D eigenvalue weighted by Crippen LogP contribution is -1.96. The summed E-state index contributed by atoms with van der Waals surface area (Å²) in [7, 11) is 0. The first-order valence-corrected chi connectivity index (χ1v) is 3.92. The first-order chi connectivity index (χ1) is 5.66. The van der Waals surface area contributed by atoms with E-state index in [1.165, 1.54) is 0 Å². The highest BCUT2D eigenvalue weighted by atomic mass is 35.5. The maximum atomic E-state index is 10.4. The van der Waals surface area contributed by atoms with Crippen molar-refractivity contribution < 1.29 is 14.4 Å². The molecule has 0 spiro atoms. The Bertz CT molecular complexity index is 295. The maximum Gasteiger partial charge on any atom is 0.359 e. The lowest BCUT2D eigenvalue weighted by atomic mass is 10.2. The molecule has 0 aliphatic rings. The van der Waals surface area contributed by atoms with E-state index in [2.05, 4.69) is 5.16 Å². The number of hydrogen-bond donors (Lipinski definition) is 1. The monoisotopic (exact) mass is 189 g/mol. The molecule has 0 radical (unpaired) electrons. The second-order valence-corrected chi connectivity index (χ2v) is 2.70. The fourth-order valence-electron chi connectivity index (χ4n) is 0.828. The van der Waals surface area contributed by atoms with Crippen LogP contribution in [0.5, 0.6) is 0 Å². The van der Waals surface area contributed by atoms with E-state index in [1.807, 2.05) is 6.92 Å². The number of rotatable bonds is 3. The van der Waals surface area contributed by atoms with E-state index in [4.69, 9.17) is 21.2 Å². The number of carbonyl (C=O) groups is 1. The number of hydrogen-bond acceptors (Lipinski definition) is 3. The summed E-state index contributed by atoms with van der Waals surface area (Å²) in [6, 6.07) is 0. The summed E-state index contributed by atoms with van der Waals surface area (Å²) in [4.78, 5) is 10.4. The summed E-state index contributed by atoms with van der Waals surface area (Å²) >= 11 is 5.66. The van der Waals surface area contributed by atoms with Gasteiger partial charge in [-0.15, -0.1) is 0 Å². The third-order valence-corrected chi connectivity index (χ3v) is 1.77. The number of halogens is 1. The molecule has 0 bridgehead atoms. The van der Waals surface area contributed by atoms with Crippen LogP contribution in [0.3, 0.4) is 0 Å². The van der Waals surface area contributed by atoms with Gasteiger partial charge in [-0.05, 0) is 6.42 Å². The highest BCUT2D eigenvalue weighted by Crippen LogP contribution is 2.21. The summed E-state index contributed by atoms with van der Waals surface area (Å²) in [5.41, 5.74) is -0.208. The van der Waals surface area contributed by atoms with E-state index < -0.39 is 5.97 Å². The zero-order valence-electron chi connectivity index (χ0n) is 6.50. The van der Waals surface area contributed by atoms with Gasteiger partial charge in [-0.3, -0.25) is 0 Å². The largest absolute Gasteiger partial charge is 0.476 e. The van der Waals surface area contributed by atoms with E-state index in [0.29, 0.717) is 12.2 Å². The van der Waals surface area contributed by atoms with Gasteiger partial charge in [0.1, 0.15) is 5.02 Å². The summed E-state index contributed by atoms with van der Waals surface area (Å²) in [5, 5.41) is 12.0. The second kappa shape index (κ2) is 3.58. The fraction of sp³-hybridized carbons (Fsp3) is 0.429. The molecule has 5 heteroatoms. The number of carboxylic acids is 1. The molecule has 0 saturated carbocycles. The average molecular weight is 190 g/mol. The molecule has 1 aromatic heterocycles. The maximum absolute atomic E-state index is 10.4. The SMILES string of the molecule is CCCc1onc(C(=O)O)c1Cl. The molecule has 0 aliphatic carbocycles. The van der Waals surface area contributed by atoms with Gasteiger partial charge < -0.3 is 9.63 Å². The molecular weight excluding hydrogens is 182 g/mol. The molecule has 1 N–H and O–H groups in total. The molecule has 66 valence electrons. The Morgan fingerprint density at radius 2 is 2.42 bits per heavy atom. The molecule has 1 aromatic rings. The van der Waals surface area contributed by atoms with Crippen molar-refractivity contribution >= 4 is 17.6 Å². The highest BCUT2D eigenvalue weighted by molar-refractivity contribution is 6.33.